The topological polar surface area (TPSA) is 75.4 Å². The zero-order valence-corrected chi connectivity index (χ0v) is 14.2. The van der Waals surface area contributed by atoms with Crippen LogP contribution in [0.1, 0.15) is 12.8 Å². The maximum Gasteiger partial charge on any atom is 0.247 e. The van der Waals surface area contributed by atoms with Gasteiger partial charge in [-0.2, -0.15) is 12.6 Å². The quantitative estimate of drug-likeness (QED) is 0.744. The third-order valence-corrected chi connectivity index (χ3v) is 4.76. The van der Waals surface area contributed by atoms with Crippen LogP contribution in [0.5, 0.6) is 0 Å². The molecule has 2 aromatic rings. The molecule has 0 unspecified atom stereocenters. The summed E-state index contributed by atoms with van der Waals surface area (Å²) in [5.74, 6) is -0.0994. The van der Waals surface area contributed by atoms with Crippen LogP contribution in [0.15, 0.2) is 42.5 Å². The lowest BCUT2D eigenvalue weighted by Crippen LogP contribution is -2.50. The van der Waals surface area contributed by atoms with Crippen LogP contribution >= 0.6 is 12.6 Å². The molecule has 1 aliphatic rings. The van der Waals surface area contributed by atoms with Crippen molar-refractivity contribution >= 4 is 40.9 Å². The summed E-state index contributed by atoms with van der Waals surface area (Å²) in [5.41, 5.74) is 6.51. The molecule has 126 valence electrons. The summed E-state index contributed by atoms with van der Waals surface area (Å²) >= 11 is 4.07. The molecule has 1 fully saturated rings. The number of benzene rings is 2. The highest BCUT2D eigenvalue weighted by molar-refractivity contribution is 7.80. The number of thiol groups is 1. The molecular formula is C18H21N3O2S. The van der Waals surface area contributed by atoms with Crippen LogP contribution in [0.3, 0.4) is 0 Å². The molecule has 2 aromatic carbocycles. The molecule has 1 saturated heterocycles. The molecule has 2 atom stereocenters. The lowest BCUT2D eigenvalue weighted by Gasteiger charge is -2.26. The van der Waals surface area contributed by atoms with Crippen molar-refractivity contribution in [1.82, 2.24) is 4.90 Å². The number of fused-ring (bicyclic) bond motifs is 1. The Balaban J connectivity index is 1.74. The molecule has 0 spiro atoms. The summed E-state index contributed by atoms with van der Waals surface area (Å²) in [4.78, 5) is 26.5. The van der Waals surface area contributed by atoms with E-state index < -0.39 is 12.1 Å². The van der Waals surface area contributed by atoms with Crippen molar-refractivity contribution < 1.29 is 9.59 Å². The average Bonchev–Trinajstić information content (AvgIpc) is 3.10. The van der Waals surface area contributed by atoms with Crippen molar-refractivity contribution in [3.63, 3.8) is 0 Å². The first-order chi connectivity index (χ1) is 11.6. The number of nitrogens with two attached hydrogens (primary N) is 1. The highest BCUT2D eigenvalue weighted by atomic mass is 32.1. The number of hydrogen-bond acceptors (Lipinski definition) is 4. The lowest BCUT2D eigenvalue weighted by molar-refractivity contribution is -0.137. The summed E-state index contributed by atoms with van der Waals surface area (Å²) in [6.07, 6.45) is 1.46. The fourth-order valence-electron chi connectivity index (χ4n) is 3.09. The fourth-order valence-corrected chi connectivity index (χ4v) is 3.24. The minimum absolute atomic E-state index is 0.164. The maximum atomic E-state index is 12.6. The van der Waals surface area contributed by atoms with E-state index in [0.29, 0.717) is 13.0 Å². The first-order valence-corrected chi connectivity index (χ1v) is 8.70. The first kappa shape index (κ1) is 16.8. The number of anilines is 1. The third-order valence-electron chi connectivity index (χ3n) is 4.37. The van der Waals surface area contributed by atoms with Crippen molar-refractivity contribution in [3.05, 3.63) is 42.5 Å². The number of amides is 2. The minimum Gasteiger partial charge on any atom is -0.329 e. The Morgan fingerprint density at radius 2 is 2.00 bits per heavy atom. The highest BCUT2D eigenvalue weighted by Gasteiger charge is 2.35. The van der Waals surface area contributed by atoms with Gasteiger partial charge in [0.1, 0.15) is 6.04 Å². The number of carbonyl (C=O) groups excluding carboxylic acids is 2. The van der Waals surface area contributed by atoms with E-state index in [4.69, 9.17) is 5.73 Å². The van der Waals surface area contributed by atoms with Crippen molar-refractivity contribution in [2.24, 2.45) is 5.73 Å². The SMILES string of the molecule is N[C@H](CS)C(=O)N1CCC[C@H]1C(=O)Nc1ccc2ccccc2c1. The van der Waals surface area contributed by atoms with E-state index in [0.717, 1.165) is 22.9 Å². The van der Waals surface area contributed by atoms with Gasteiger partial charge in [0.15, 0.2) is 0 Å². The van der Waals surface area contributed by atoms with E-state index in [1.165, 1.54) is 0 Å². The number of nitrogens with one attached hydrogen (secondary N) is 1. The van der Waals surface area contributed by atoms with Crippen LogP contribution in [0.4, 0.5) is 5.69 Å². The second kappa shape index (κ2) is 7.23. The molecule has 3 rings (SSSR count). The van der Waals surface area contributed by atoms with Crippen molar-refractivity contribution in [3.8, 4) is 0 Å². The van der Waals surface area contributed by atoms with E-state index in [-0.39, 0.29) is 17.6 Å². The largest absolute Gasteiger partial charge is 0.329 e. The number of carbonyl (C=O) groups is 2. The van der Waals surface area contributed by atoms with Crippen molar-refractivity contribution in [2.45, 2.75) is 24.9 Å². The molecule has 1 heterocycles. The third kappa shape index (κ3) is 3.39. The van der Waals surface area contributed by atoms with Gasteiger partial charge in [0.2, 0.25) is 11.8 Å². The van der Waals surface area contributed by atoms with E-state index in [9.17, 15) is 9.59 Å². The summed E-state index contributed by atoms with van der Waals surface area (Å²) in [5, 5.41) is 5.11. The molecule has 0 saturated carbocycles. The smallest absolute Gasteiger partial charge is 0.247 e. The Kier molecular flexibility index (Phi) is 5.06. The number of likely N-dealkylation sites (tertiary alicyclic amines) is 1. The number of rotatable bonds is 4. The highest BCUT2D eigenvalue weighted by Crippen LogP contribution is 2.22. The van der Waals surface area contributed by atoms with Gasteiger partial charge in [0.25, 0.3) is 0 Å². The van der Waals surface area contributed by atoms with E-state index in [1.807, 2.05) is 42.5 Å². The molecule has 3 N–H and O–H groups in total. The van der Waals surface area contributed by atoms with Crippen molar-refractivity contribution in [2.75, 3.05) is 17.6 Å². The second-order valence-electron chi connectivity index (χ2n) is 6.03. The lowest BCUT2D eigenvalue weighted by atomic mass is 10.1. The Morgan fingerprint density at radius 3 is 2.75 bits per heavy atom. The van der Waals surface area contributed by atoms with Crippen LogP contribution < -0.4 is 11.1 Å². The molecule has 1 aliphatic heterocycles. The maximum absolute atomic E-state index is 12.6. The zero-order valence-electron chi connectivity index (χ0n) is 13.3. The van der Waals surface area contributed by atoms with Crippen LogP contribution in [0, 0.1) is 0 Å². The average molecular weight is 343 g/mol. The van der Waals surface area contributed by atoms with Gasteiger partial charge in [0.05, 0.1) is 6.04 Å². The molecule has 0 bridgehead atoms. The van der Waals surface area contributed by atoms with E-state index >= 15 is 0 Å². The number of nitrogens with zero attached hydrogens (tertiary/aromatic N) is 1. The predicted octanol–water partition coefficient (Wildman–Crippen LogP) is 2.03. The van der Waals surface area contributed by atoms with Crippen LogP contribution in [0.25, 0.3) is 10.8 Å². The van der Waals surface area contributed by atoms with Gasteiger partial charge in [-0.1, -0.05) is 30.3 Å². The van der Waals surface area contributed by atoms with Crippen molar-refractivity contribution in [1.29, 1.82) is 0 Å². The van der Waals surface area contributed by atoms with Crippen LogP contribution in [-0.4, -0.2) is 41.1 Å². The minimum atomic E-state index is -0.664. The van der Waals surface area contributed by atoms with Crippen LogP contribution in [0.2, 0.25) is 0 Å². The summed E-state index contributed by atoms with van der Waals surface area (Å²) < 4.78 is 0. The summed E-state index contributed by atoms with van der Waals surface area (Å²) in [7, 11) is 0. The molecule has 5 nitrogen and oxygen atoms in total. The first-order valence-electron chi connectivity index (χ1n) is 8.07. The monoisotopic (exact) mass is 343 g/mol. The molecule has 2 amide bonds. The fraction of sp³-hybridized carbons (Fsp3) is 0.333. The number of hydrogen-bond donors (Lipinski definition) is 3. The summed E-state index contributed by atoms with van der Waals surface area (Å²) in [6, 6.07) is 12.6. The van der Waals surface area contributed by atoms with Gasteiger partial charge in [-0.05, 0) is 35.7 Å². The molecular weight excluding hydrogens is 322 g/mol. The molecule has 6 heteroatoms. The molecule has 0 radical (unpaired) electrons. The standard InChI is InChI=1S/C18H21N3O2S/c19-15(11-24)18(23)21-9-3-6-16(21)17(22)20-14-8-7-12-4-1-2-5-13(12)10-14/h1-2,4-5,7-8,10,15-16,24H,3,6,9,11,19H2,(H,20,22)/t15-,16+/m1/s1. The Labute approximate surface area is 146 Å². The normalized spacial score (nSPS) is 18.6. The van der Waals surface area contributed by atoms with Gasteiger partial charge in [-0.25, -0.2) is 0 Å². The van der Waals surface area contributed by atoms with Gasteiger partial charge < -0.3 is 16.0 Å². The molecule has 0 aliphatic carbocycles. The zero-order chi connectivity index (χ0) is 17.1. The Morgan fingerprint density at radius 1 is 1.25 bits per heavy atom. The van der Waals surface area contributed by atoms with Crippen LogP contribution in [-0.2, 0) is 9.59 Å². The van der Waals surface area contributed by atoms with E-state index in [1.54, 1.807) is 4.90 Å². The van der Waals surface area contributed by atoms with Gasteiger partial charge in [-0.3, -0.25) is 9.59 Å². The molecule has 0 aromatic heterocycles. The van der Waals surface area contributed by atoms with Gasteiger partial charge >= 0.3 is 0 Å². The van der Waals surface area contributed by atoms with Gasteiger partial charge in [0, 0.05) is 18.0 Å². The Hall–Kier alpha value is -2.05. The van der Waals surface area contributed by atoms with E-state index in [2.05, 4.69) is 17.9 Å². The Bertz CT molecular complexity index is 765. The van der Waals surface area contributed by atoms with Gasteiger partial charge in [-0.15, -0.1) is 0 Å². The molecule has 24 heavy (non-hydrogen) atoms. The predicted molar refractivity (Wildman–Crippen MR) is 99.1 cm³/mol. The second-order valence-corrected chi connectivity index (χ2v) is 6.40. The summed E-state index contributed by atoms with van der Waals surface area (Å²) in [6.45, 7) is 0.566.